The van der Waals surface area contributed by atoms with Gasteiger partial charge in [-0.2, -0.15) is 0 Å². The lowest BCUT2D eigenvalue weighted by Crippen LogP contribution is -2.27. The summed E-state index contributed by atoms with van der Waals surface area (Å²) in [4.78, 5) is 25.5. The van der Waals surface area contributed by atoms with Gasteiger partial charge in [-0.15, -0.1) is 0 Å². The van der Waals surface area contributed by atoms with Crippen LogP contribution in [0.2, 0.25) is 0 Å². The van der Waals surface area contributed by atoms with Gasteiger partial charge in [0, 0.05) is 0 Å². The fraction of sp³-hybridized carbons (Fsp3) is 0.105. The molecule has 1 saturated heterocycles. The van der Waals surface area contributed by atoms with E-state index in [1.165, 1.54) is 30.2 Å². The molecule has 1 amide bonds. The van der Waals surface area contributed by atoms with E-state index in [1.807, 2.05) is 0 Å². The summed E-state index contributed by atoms with van der Waals surface area (Å²) in [7, 11) is 1.29. The van der Waals surface area contributed by atoms with Crippen LogP contribution in [0.5, 0.6) is 5.75 Å². The molecule has 0 spiro atoms. The lowest BCUT2D eigenvalue weighted by Gasteiger charge is -2.14. The second-order valence-electron chi connectivity index (χ2n) is 5.43. The Kier molecular flexibility index (Phi) is 5.88. The summed E-state index contributed by atoms with van der Waals surface area (Å²) in [5.74, 6) is -0.709. The number of carbonyl (C=O) groups is 2. The monoisotopic (exact) mass is 403 g/mol. The third-order valence-electron chi connectivity index (χ3n) is 3.62. The molecule has 1 aliphatic heterocycles. The Hall–Kier alpha value is -2.71. The van der Waals surface area contributed by atoms with Crippen molar-refractivity contribution in [2.75, 3.05) is 18.6 Å². The van der Waals surface area contributed by atoms with Crippen molar-refractivity contribution in [3.63, 3.8) is 0 Å². The number of rotatable bonds is 5. The highest BCUT2D eigenvalue weighted by molar-refractivity contribution is 8.27. The molecule has 2 aromatic carbocycles. The molecule has 2 aromatic rings. The van der Waals surface area contributed by atoms with Crippen molar-refractivity contribution in [2.45, 2.75) is 0 Å². The lowest BCUT2D eigenvalue weighted by molar-refractivity contribution is -0.142. The predicted molar refractivity (Wildman–Crippen MR) is 106 cm³/mol. The topological polar surface area (TPSA) is 55.8 Å². The molecule has 5 nitrogen and oxygen atoms in total. The maximum atomic E-state index is 13.4. The van der Waals surface area contributed by atoms with Gasteiger partial charge in [-0.1, -0.05) is 42.2 Å². The molecular formula is C19H14FNO4S2. The number of benzene rings is 2. The van der Waals surface area contributed by atoms with Crippen molar-refractivity contribution < 1.29 is 23.5 Å². The van der Waals surface area contributed by atoms with Gasteiger partial charge in [0.15, 0.2) is 10.9 Å². The van der Waals surface area contributed by atoms with Gasteiger partial charge < -0.3 is 9.47 Å². The van der Waals surface area contributed by atoms with Crippen LogP contribution in [-0.2, 0) is 14.3 Å². The van der Waals surface area contributed by atoms with Gasteiger partial charge in [0.25, 0.3) is 5.91 Å². The molecule has 1 heterocycles. The van der Waals surface area contributed by atoms with E-state index in [-0.39, 0.29) is 12.5 Å². The van der Waals surface area contributed by atoms with E-state index in [0.29, 0.717) is 20.7 Å². The molecule has 1 aliphatic rings. The number of nitrogens with zero attached hydrogens (tertiary/aromatic N) is 1. The lowest BCUT2D eigenvalue weighted by atomic mass is 10.2. The number of methoxy groups -OCH3 is 1. The highest BCUT2D eigenvalue weighted by atomic mass is 32.2. The van der Waals surface area contributed by atoms with Crippen LogP contribution in [0.3, 0.4) is 0 Å². The molecule has 0 bridgehead atoms. The fourth-order valence-electron chi connectivity index (χ4n) is 2.32. The van der Waals surface area contributed by atoms with Crippen LogP contribution in [0.25, 0.3) is 6.08 Å². The summed E-state index contributed by atoms with van der Waals surface area (Å²) in [5.41, 5.74) is 1.16. The summed E-state index contributed by atoms with van der Waals surface area (Å²) in [6.07, 6.45) is 1.70. The van der Waals surface area contributed by atoms with Crippen molar-refractivity contribution in [1.29, 1.82) is 0 Å². The summed E-state index contributed by atoms with van der Waals surface area (Å²) >= 11 is 6.42. The summed E-state index contributed by atoms with van der Waals surface area (Å²) in [5, 5.41) is 0. The van der Waals surface area contributed by atoms with Crippen molar-refractivity contribution in [2.24, 2.45) is 0 Å². The van der Waals surface area contributed by atoms with Crippen LogP contribution >= 0.6 is 24.0 Å². The molecule has 0 atom stereocenters. The first-order valence-corrected chi connectivity index (χ1v) is 9.03. The van der Waals surface area contributed by atoms with Crippen molar-refractivity contribution in [3.05, 3.63) is 64.8 Å². The molecule has 0 saturated carbocycles. The van der Waals surface area contributed by atoms with Gasteiger partial charge >= 0.3 is 5.97 Å². The van der Waals surface area contributed by atoms with Gasteiger partial charge in [0.05, 0.1) is 17.7 Å². The van der Waals surface area contributed by atoms with Crippen LogP contribution < -0.4 is 9.64 Å². The van der Waals surface area contributed by atoms with Gasteiger partial charge in [0.2, 0.25) is 0 Å². The highest BCUT2D eigenvalue weighted by Gasteiger charge is 2.33. The average Bonchev–Trinajstić information content (AvgIpc) is 2.94. The second kappa shape index (κ2) is 8.32. The third kappa shape index (κ3) is 4.53. The van der Waals surface area contributed by atoms with Crippen LogP contribution in [-0.4, -0.2) is 29.9 Å². The molecule has 27 heavy (non-hydrogen) atoms. The number of amides is 1. The Bertz CT molecular complexity index is 928. The zero-order valence-electron chi connectivity index (χ0n) is 14.2. The first kappa shape index (κ1) is 19.1. The Morgan fingerprint density at radius 2 is 2.00 bits per heavy atom. The number of hydrogen-bond acceptors (Lipinski definition) is 6. The third-order valence-corrected chi connectivity index (χ3v) is 4.92. The minimum Gasteiger partial charge on any atom is -0.482 e. The zero-order valence-corrected chi connectivity index (χ0v) is 15.8. The van der Waals surface area contributed by atoms with E-state index < -0.39 is 11.8 Å². The van der Waals surface area contributed by atoms with Gasteiger partial charge in [0.1, 0.15) is 11.6 Å². The standard InChI is InChI=1S/C19H14FNO4S2/c1-24-17(22)11-25-15-7-5-12(6-8-15)9-16-18(23)21(19(26)27-16)14-4-2-3-13(20)10-14/h2-10H,11H2,1H3/b16-9+. The zero-order chi connectivity index (χ0) is 19.4. The van der Waals surface area contributed by atoms with E-state index in [1.54, 1.807) is 36.4 Å². The minimum atomic E-state index is -0.472. The number of ether oxygens (including phenoxy) is 2. The number of carbonyl (C=O) groups excluding carboxylic acids is 2. The van der Waals surface area contributed by atoms with E-state index in [4.69, 9.17) is 17.0 Å². The molecule has 8 heteroatoms. The number of thiocarbonyl (C=S) groups is 1. The molecule has 0 aromatic heterocycles. The molecule has 0 N–H and O–H groups in total. The van der Waals surface area contributed by atoms with Crippen molar-refractivity contribution in [1.82, 2.24) is 0 Å². The Balaban J connectivity index is 1.75. The highest BCUT2D eigenvalue weighted by Crippen LogP contribution is 2.36. The predicted octanol–water partition coefficient (Wildman–Crippen LogP) is 3.78. The fourth-order valence-corrected chi connectivity index (χ4v) is 3.62. The van der Waals surface area contributed by atoms with Crippen LogP contribution in [0.15, 0.2) is 53.4 Å². The summed E-state index contributed by atoms with van der Waals surface area (Å²) < 4.78 is 23.6. The van der Waals surface area contributed by atoms with Gasteiger partial charge in [-0.3, -0.25) is 9.69 Å². The van der Waals surface area contributed by atoms with Crippen molar-refractivity contribution >= 4 is 51.9 Å². The number of hydrogen-bond donors (Lipinski definition) is 0. The molecule has 0 aliphatic carbocycles. The molecule has 138 valence electrons. The molecule has 0 radical (unpaired) electrons. The Morgan fingerprint density at radius 3 is 2.67 bits per heavy atom. The number of halogens is 1. The van der Waals surface area contributed by atoms with E-state index in [2.05, 4.69) is 4.74 Å². The first-order valence-electron chi connectivity index (χ1n) is 7.81. The number of thioether (sulfide) groups is 1. The molecule has 0 unspecified atom stereocenters. The Labute approximate surface area is 164 Å². The van der Waals surface area contributed by atoms with Crippen LogP contribution in [0.1, 0.15) is 5.56 Å². The molecular weight excluding hydrogens is 389 g/mol. The number of anilines is 1. The Morgan fingerprint density at radius 1 is 1.26 bits per heavy atom. The van der Waals surface area contributed by atoms with Crippen LogP contribution in [0, 0.1) is 5.82 Å². The SMILES string of the molecule is COC(=O)COc1ccc(/C=C2/SC(=S)N(c3cccc(F)c3)C2=O)cc1. The van der Waals surface area contributed by atoms with E-state index >= 15 is 0 Å². The minimum absolute atomic E-state index is 0.178. The smallest absolute Gasteiger partial charge is 0.343 e. The normalized spacial score (nSPS) is 15.3. The van der Waals surface area contributed by atoms with Crippen molar-refractivity contribution in [3.8, 4) is 5.75 Å². The average molecular weight is 403 g/mol. The first-order chi connectivity index (χ1) is 13.0. The summed E-state index contributed by atoms with van der Waals surface area (Å²) in [6.45, 7) is -0.178. The quantitative estimate of drug-likeness (QED) is 0.430. The summed E-state index contributed by atoms with van der Waals surface area (Å²) in [6, 6.07) is 12.6. The van der Waals surface area contributed by atoms with Gasteiger partial charge in [-0.05, 0) is 42.0 Å². The maximum absolute atomic E-state index is 13.4. The molecule has 3 rings (SSSR count). The van der Waals surface area contributed by atoms with E-state index in [0.717, 1.165) is 17.3 Å². The number of esters is 1. The second-order valence-corrected chi connectivity index (χ2v) is 7.11. The van der Waals surface area contributed by atoms with E-state index in [9.17, 15) is 14.0 Å². The van der Waals surface area contributed by atoms with Crippen LogP contribution in [0.4, 0.5) is 10.1 Å². The van der Waals surface area contributed by atoms with Gasteiger partial charge in [-0.25, -0.2) is 9.18 Å². The maximum Gasteiger partial charge on any atom is 0.343 e. The largest absolute Gasteiger partial charge is 0.482 e. The molecule has 1 fully saturated rings.